The van der Waals surface area contributed by atoms with E-state index in [4.69, 9.17) is 14.8 Å². The Morgan fingerprint density at radius 3 is 2.55 bits per heavy atom. The average molecular weight is 381 g/mol. The summed E-state index contributed by atoms with van der Waals surface area (Å²) in [6.07, 6.45) is 1.70. The summed E-state index contributed by atoms with van der Waals surface area (Å²) in [5, 5.41) is 4.74. The summed E-state index contributed by atoms with van der Waals surface area (Å²) in [6, 6.07) is 21.6. The number of hydrogen-bond acceptors (Lipinski definition) is 4. The van der Waals surface area contributed by atoms with Gasteiger partial charge in [-0.15, -0.1) is 0 Å². The second kappa shape index (κ2) is 6.91. The summed E-state index contributed by atoms with van der Waals surface area (Å²) >= 11 is 0. The van der Waals surface area contributed by atoms with Crippen LogP contribution in [0.15, 0.2) is 72.9 Å². The summed E-state index contributed by atoms with van der Waals surface area (Å²) in [5.74, 6) is 1.79. The molecule has 6 nitrogen and oxygen atoms in total. The summed E-state index contributed by atoms with van der Waals surface area (Å²) in [5.41, 5.74) is 5.59. The first-order valence-corrected chi connectivity index (χ1v) is 9.40. The van der Waals surface area contributed by atoms with Crippen LogP contribution in [0.25, 0.3) is 28.1 Å². The number of aromatic amines is 1. The fourth-order valence-corrected chi connectivity index (χ4v) is 3.37. The second-order valence-electron chi connectivity index (χ2n) is 6.89. The number of fused-ring (bicyclic) bond motifs is 1. The number of pyridine rings is 1. The summed E-state index contributed by atoms with van der Waals surface area (Å²) < 4.78 is 8.01. The fourth-order valence-electron chi connectivity index (χ4n) is 3.37. The van der Waals surface area contributed by atoms with Crippen LogP contribution in [0.3, 0.4) is 0 Å². The zero-order valence-electron chi connectivity index (χ0n) is 16.1. The molecule has 0 saturated carbocycles. The molecule has 0 bridgehead atoms. The van der Waals surface area contributed by atoms with Gasteiger partial charge in [0.25, 0.3) is 0 Å². The lowest BCUT2D eigenvalue weighted by Crippen LogP contribution is -2.00. The van der Waals surface area contributed by atoms with E-state index < -0.39 is 0 Å². The van der Waals surface area contributed by atoms with Gasteiger partial charge in [0.05, 0.1) is 22.4 Å². The van der Waals surface area contributed by atoms with E-state index in [-0.39, 0.29) is 0 Å². The molecular formula is C23H19N5O. The zero-order valence-corrected chi connectivity index (χ0v) is 16.1. The van der Waals surface area contributed by atoms with Gasteiger partial charge in [-0.2, -0.15) is 9.78 Å². The summed E-state index contributed by atoms with van der Waals surface area (Å²) in [7, 11) is 0. The SMILES string of the molecule is Cc1ccc2nc(-c3c(C)nn(-c4ccccc4)c3Oc3ccccn3)[nH]c2c1. The smallest absolute Gasteiger partial charge is 0.236 e. The molecule has 0 aliphatic carbocycles. The molecular weight excluding hydrogens is 362 g/mol. The first kappa shape index (κ1) is 17.2. The molecule has 0 radical (unpaired) electrons. The predicted molar refractivity (Wildman–Crippen MR) is 112 cm³/mol. The van der Waals surface area contributed by atoms with E-state index >= 15 is 0 Å². The number of hydrogen-bond donors (Lipinski definition) is 1. The molecule has 0 fully saturated rings. The number of rotatable bonds is 4. The third kappa shape index (κ3) is 3.14. The number of nitrogens with zero attached hydrogens (tertiary/aromatic N) is 4. The van der Waals surface area contributed by atoms with Crippen LogP contribution in [0.2, 0.25) is 0 Å². The van der Waals surface area contributed by atoms with Gasteiger partial charge in [0.2, 0.25) is 11.8 Å². The van der Waals surface area contributed by atoms with E-state index in [1.807, 2.05) is 61.5 Å². The third-order valence-corrected chi connectivity index (χ3v) is 4.73. The zero-order chi connectivity index (χ0) is 19.8. The van der Waals surface area contributed by atoms with Gasteiger partial charge in [-0.05, 0) is 49.7 Å². The van der Waals surface area contributed by atoms with Crippen molar-refractivity contribution in [2.24, 2.45) is 0 Å². The van der Waals surface area contributed by atoms with Crippen molar-refractivity contribution in [2.75, 3.05) is 0 Å². The number of nitrogens with one attached hydrogen (secondary N) is 1. The fraction of sp³-hybridized carbons (Fsp3) is 0.0870. The van der Waals surface area contributed by atoms with Gasteiger partial charge in [0, 0.05) is 12.3 Å². The normalized spacial score (nSPS) is 11.1. The van der Waals surface area contributed by atoms with Gasteiger partial charge in [0.1, 0.15) is 11.4 Å². The molecule has 3 aromatic heterocycles. The highest BCUT2D eigenvalue weighted by atomic mass is 16.5. The highest BCUT2D eigenvalue weighted by Crippen LogP contribution is 2.37. The van der Waals surface area contributed by atoms with Gasteiger partial charge in [0.15, 0.2) is 0 Å². The standard InChI is InChI=1S/C23H19N5O/c1-15-11-12-18-19(14-15)26-22(25-18)21-16(2)27-28(17-8-4-3-5-9-17)23(21)29-20-10-6-7-13-24-20/h3-14H,1-2H3,(H,25,26). The topological polar surface area (TPSA) is 68.6 Å². The molecule has 0 aliphatic heterocycles. The molecule has 0 saturated heterocycles. The van der Waals surface area contributed by atoms with Crippen molar-refractivity contribution in [1.29, 1.82) is 0 Å². The quantitative estimate of drug-likeness (QED) is 0.463. The van der Waals surface area contributed by atoms with Crippen LogP contribution in [0, 0.1) is 13.8 Å². The Kier molecular flexibility index (Phi) is 4.09. The average Bonchev–Trinajstić information content (AvgIpc) is 3.29. The van der Waals surface area contributed by atoms with Crippen LogP contribution in [0.1, 0.15) is 11.3 Å². The maximum absolute atomic E-state index is 6.22. The lowest BCUT2D eigenvalue weighted by molar-refractivity contribution is 0.429. The number of aromatic nitrogens is 5. The van der Waals surface area contributed by atoms with Crippen molar-refractivity contribution < 1.29 is 4.74 Å². The molecule has 5 aromatic rings. The third-order valence-electron chi connectivity index (χ3n) is 4.73. The largest absolute Gasteiger partial charge is 0.420 e. The minimum absolute atomic E-state index is 0.498. The van der Waals surface area contributed by atoms with Gasteiger partial charge in [-0.25, -0.2) is 9.97 Å². The monoisotopic (exact) mass is 381 g/mol. The highest BCUT2D eigenvalue weighted by Gasteiger charge is 2.23. The Hall–Kier alpha value is -3.93. The second-order valence-corrected chi connectivity index (χ2v) is 6.89. The Labute approximate surface area is 167 Å². The Morgan fingerprint density at radius 2 is 1.76 bits per heavy atom. The van der Waals surface area contributed by atoms with Crippen molar-refractivity contribution in [3.8, 4) is 28.8 Å². The predicted octanol–water partition coefficient (Wildman–Crippen LogP) is 5.22. The molecule has 0 unspecified atom stereocenters. The summed E-state index contributed by atoms with van der Waals surface area (Å²) in [6.45, 7) is 4.02. The van der Waals surface area contributed by atoms with Gasteiger partial charge >= 0.3 is 0 Å². The molecule has 6 heteroatoms. The van der Waals surface area contributed by atoms with Crippen LogP contribution >= 0.6 is 0 Å². The minimum Gasteiger partial charge on any atom is -0.420 e. The van der Waals surface area contributed by atoms with E-state index in [0.29, 0.717) is 11.8 Å². The maximum atomic E-state index is 6.22. The van der Waals surface area contributed by atoms with Crippen LogP contribution < -0.4 is 4.74 Å². The van der Waals surface area contributed by atoms with Crippen molar-refractivity contribution in [1.82, 2.24) is 24.7 Å². The van der Waals surface area contributed by atoms with E-state index in [1.165, 1.54) is 5.56 Å². The first-order valence-electron chi connectivity index (χ1n) is 9.40. The van der Waals surface area contributed by atoms with E-state index in [0.717, 1.165) is 33.8 Å². The Morgan fingerprint density at radius 1 is 0.931 bits per heavy atom. The lowest BCUT2D eigenvalue weighted by atomic mass is 10.2. The van der Waals surface area contributed by atoms with Gasteiger partial charge < -0.3 is 9.72 Å². The van der Waals surface area contributed by atoms with E-state index in [1.54, 1.807) is 10.9 Å². The lowest BCUT2D eigenvalue weighted by Gasteiger charge is -2.09. The number of H-pyrrole nitrogens is 1. The number of benzene rings is 2. The Bertz CT molecular complexity index is 1290. The number of ether oxygens (including phenoxy) is 1. The molecule has 2 aromatic carbocycles. The van der Waals surface area contributed by atoms with Crippen LogP contribution in [-0.4, -0.2) is 24.7 Å². The molecule has 142 valence electrons. The molecule has 0 atom stereocenters. The van der Waals surface area contributed by atoms with Crippen LogP contribution in [0.5, 0.6) is 11.8 Å². The summed E-state index contributed by atoms with van der Waals surface area (Å²) in [4.78, 5) is 12.5. The Balaban J connectivity index is 1.72. The number of aryl methyl sites for hydroxylation is 2. The van der Waals surface area contributed by atoms with Crippen molar-refractivity contribution in [3.63, 3.8) is 0 Å². The number of imidazole rings is 1. The van der Waals surface area contributed by atoms with Crippen molar-refractivity contribution in [3.05, 3.63) is 84.2 Å². The number of para-hydroxylation sites is 1. The van der Waals surface area contributed by atoms with Crippen LogP contribution in [-0.2, 0) is 0 Å². The highest BCUT2D eigenvalue weighted by molar-refractivity contribution is 5.81. The van der Waals surface area contributed by atoms with E-state index in [2.05, 4.69) is 29.0 Å². The molecule has 5 rings (SSSR count). The maximum Gasteiger partial charge on any atom is 0.236 e. The molecule has 3 heterocycles. The minimum atomic E-state index is 0.498. The molecule has 0 amide bonds. The van der Waals surface area contributed by atoms with Gasteiger partial charge in [-0.1, -0.05) is 30.3 Å². The van der Waals surface area contributed by atoms with Crippen molar-refractivity contribution in [2.45, 2.75) is 13.8 Å². The van der Waals surface area contributed by atoms with E-state index in [9.17, 15) is 0 Å². The van der Waals surface area contributed by atoms with Crippen LogP contribution in [0.4, 0.5) is 0 Å². The molecule has 0 aliphatic rings. The first-order chi connectivity index (χ1) is 14.2. The molecule has 0 spiro atoms. The molecule has 29 heavy (non-hydrogen) atoms. The van der Waals surface area contributed by atoms with Crippen molar-refractivity contribution >= 4 is 11.0 Å². The van der Waals surface area contributed by atoms with Gasteiger partial charge in [-0.3, -0.25) is 0 Å². The molecule has 1 N–H and O–H groups in total.